The number of carbonyl (C=O) groups is 1. The molecule has 1 aromatic carbocycles. The number of ketones is 1. The fourth-order valence-electron chi connectivity index (χ4n) is 1.71. The molecular weight excluding hydrogens is 230 g/mol. The number of phenolic OH excluding ortho intramolecular Hbond substituents is 1. The van der Waals surface area contributed by atoms with Crippen LogP contribution in [-0.2, 0) is 18.3 Å². The van der Waals surface area contributed by atoms with Gasteiger partial charge in [0.05, 0.1) is 12.2 Å². The van der Waals surface area contributed by atoms with Crippen LogP contribution in [-0.4, -0.2) is 20.7 Å². The minimum absolute atomic E-state index is 0.0753. The maximum atomic E-state index is 12.0. The predicted octanol–water partition coefficient (Wildman–Crippen LogP) is 0.937. The second-order valence-electron chi connectivity index (χ2n) is 4.23. The van der Waals surface area contributed by atoms with Crippen molar-refractivity contribution in [2.75, 3.05) is 0 Å². The molecule has 0 aliphatic rings. The number of hydrogen-bond donors (Lipinski definition) is 2. The highest BCUT2D eigenvalue weighted by Crippen LogP contribution is 2.15. The van der Waals surface area contributed by atoms with Gasteiger partial charge in [-0.2, -0.15) is 5.10 Å². The summed E-state index contributed by atoms with van der Waals surface area (Å²) in [6.07, 6.45) is 3.58. The molecule has 2 aromatic rings. The zero-order chi connectivity index (χ0) is 13.1. The van der Waals surface area contributed by atoms with E-state index in [-0.39, 0.29) is 18.0 Å². The minimum atomic E-state index is -0.660. The van der Waals surface area contributed by atoms with Gasteiger partial charge in [-0.1, -0.05) is 12.1 Å². The average molecular weight is 245 g/mol. The molecule has 0 radical (unpaired) electrons. The molecular formula is C13H15N3O2. The zero-order valence-corrected chi connectivity index (χ0v) is 10.1. The lowest BCUT2D eigenvalue weighted by atomic mass is 10.0. The first-order valence-electron chi connectivity index (χ1n) is 5.61. The Bertz CT molecular complexity index is 546. The number of aromatic hydroxyl groups is 1. The Morgan fingerprint density at radius 2 is 2.11 bits per heavy atom. The number of Topliss-reactive ketones (excluding diaryl/α,β-unsaturated/α-hetero) is 1. The van der Waals surface area contributed by atoms with Crippen molar-refractivity contribution in [2.24, 2.45) is 12.8 Å². The summed E-state index contributed by atoms with van der Waals surface area (Å²) in [6.45, 7) is 0. The SMILES string of the molecule is Cn1cc(C(N)C(=O)Cc2ccc(O)cc2)cn1. The van der Waals surface area contributed by atoms with Gasteiger partial charge in [0.15, 0.2) is 5.78 Å². The van der Waals surface area contributed by atoms with E-state index in [0.717, 1.165) is 5.56 Å². The third-order valence-corrected chi connectivity index (χ3v) is 2.75. The van der Waals surface area contributed by atoms with E-state index < -0.39 is 6.04 Å². The first-order valence-corrected chi connectivity index (χ1v) is 5.61. The fraction of sp³-hybridized carbons (Fsp3) is 0.231. The predicted molar refractivity (Wildman–Crippen MR) is 67.0 cm³/mol. The van der Waals surface area contributed by atoms with Gasteiger partial charge in [-0.3, -0.25) is 9.48 Å². The summed E-state index contributed by atoms with van der Waals surface area (Å²) in [7, 11) is 1.78. The van der Waals surface area contributed by atoms with E-state index in [1.807, 2.05) is 0 Å². The lowest BCUT2D eigenvalue weighted by Gasteiger charge is -2.08. The summed E-state index contributed by atoms with van der Waals surface area (Å²) >= 11 is 0. The van der Waals surface area contributed by atoms with Gasteiger partial charge in [0.1, 0.15) is 5.75 Å². The largest absolute Gasteiger partial charge is 0.508 e. The van der Waals surface area contributed by atoms with Crippen LogP contribution in [0.15, 0.2) is 36.7 Å². The monoisotopic (exact) mass is 245 g/mol. The number of aromatic nitrogens is 2. The van der Waals surface area contributed by atoms with Crippen molar-refractivity contribution in [3.05, 3.63) is 47.8 Å². The quantitative estimate of drug-likeness (QED) is 0.839. The van der Waals surface area contributed by atoms with Gasteiger partial charge in [0, 0.05) is 25.2 Å². The van der Waals surface area contributed by atoms with Gasteiger partial charge in [0.25, 0.3) is 0 Å². The lowest BCUT2D eigenvalue weighted by molar-refractivity contribution is -0.119. The molecule has 0 saturated carbocycles. The summed E-state index contributed by atoms with van der Waals surface area (Å²) in [5.74, 6) is 0.108. The highest BCUT2D eigenvalue weighted by atomic mass is 16.3. The van der Waals surface area contributed by atoms with Crippen molar-refractivity contribution in [3.8, 4) is 5.75 Å². The number of phenols is 1. The van der Waals surface area contributed by atoms with Crippen LogP contribution in [0, 0.1) is 0 Å². The van der Waals surface area contributed by atoms with Crippen molar-refractivity contribution in [1.82, 2.24) is 9.78 Å². The van der Waals surface area contributed by atoms with Crippen LogP contribution in [0.3, 0.4) is 0 Å². The minimum Gasteiger partial charge on any atom is -0.508 e. The van der Waals surface area contributed by atoms with Gasteiger partial charge in [0.2, 0.25) is 0 Å². The molecule has 1 unspecified atom stereocenters. The number of nitrogens with zero attached hydrogens (tertiary/aromatic N) is 2. The Kier molecular flexibility index (Phi) is 3.43. The number of aryl methyl sites for hydroxylation is 1. The van der Waals surface area contributed by atoms with Gasteiger partial charge >= 0.3 is 0 Å². The van der Waals surface area contributed by atoms with Crippen molar-refractivity contribution < 1.29 is 9.90 Å². The van der Waals surface area contributed by atoms with Crippen LogP contribution in [0.4, 0.5) is 0 Å². The Balaban J connectivity index is 2.05. The molecule has 0 spiro atoms. The topological polar surface area (TPSA) is 81.1 Å². The Morgan fingerprint density at radius 3 is 2.67 bits per heavy atom. The molecule has 0 fully saturated rings. The Hall–Kier alpha value is -2.14. The molecule has 5 heteroatoms. The van der Waals surface area contributed by atoms with E-state index >= 15 is 0 Å². The Morgan fingerprint density at radius 1 is 1.44 bits per heavy atom. The number of nitrogens with two attached hydrogens (primary N) is 1. The molecule has 1 aromatic heterocycles. The standard InChI is InChI=1S/C13H15N3O2/c1-16-8-10(7-15-16)13(14)12(18)6-9-2-4-11(17)5-3-9/h2-5,7-8,13,17H,6,14H2,1H3. The van der Waals surface area contributed by atoms with E-state index in [2.05, 4.69) is 5.10 Å². The van der Waals surface area contributed by atoms with Crippen molar-refractivity contribution in [1.29, 1.82) is 0 Å². The Labute approximate surface area is 105 Å². The maximum Gasteiger partial charge on any atom is 0.158 e. The zero-order valence-electron chi connectivity index (χ0n) is 10.1. The summed E-state index contributed by atoms with van der Waals surface area (Å²) < 4.78 is 1.61. The van der Waals surface area contributed by atoms with Crippen molar-refractivity contribution in [3.63, 3.8) is 0 Å². The maximum absolute atomic E-state index is 12.0. The van der Waals surface area contributed by atoms with E-state index in [1.54, 1.807) is 48.4 Å². The molecule has 1 heterocycles. The summed E-state index contributed by atoms with van der Waals surface area (Å²) in [5.41, 5.74) is 7.42. The smallest absolute Gasteiger partial charge is 0.158 e. The van der Waals surface area contributed by atoms with Gasteiger partial charge in [-0.05, 0) is 17.7 Å². The molecule has 2 rings (SSSR count). The van der Waals surface area contributed by atoms with Crippen LogP contribution in [0.5, 0.6) is 5.75 Å². The van der Waals surface area contributed by atoms with Gasteiger partial charge in [-0.15, -0.1) is 0 Å². The molecule has 0 bridgehead atoms. The molecule has 18 heavy (non-hydrogen) atoms. The van der Waals surface area contributed by atoms with E-state index in [0.29, 0.717) is 5.56 Å². The van der Waals surface area contributed by atoms with Crippen LogP contribution in [0.2, 0.25) is 0 Å². The molecule has 0 amide bonds. The number of benzene rings is 1. The van der Waals surface area contributed by atoms with Gasteiger partial charge < -0.3 is 10.8 Å². The van der Waals surface area contributed by atoms with Crippen LogP contribution in [0.1, 0.15) is 17.2 Å². The molecule has 1 atom stereocenters. The molecule has 0 saturated heterocycles. The van der Waals surface area contributed by atoms with Crippen molar-refractivity contribution in [2.45, 2.75) is 12.5 Å². The lowest BCUT2D eigenvalue weighted by Crippen LogP contribution is -2.22. The third kappa shape index (κ3) is 2.75. The number of rotatable bonds is 4. The fourth-order valence-corrected chi connectivity index (χ4v) is 1.71. The highest BCUT2D eigenvalue weighted by Gasteiger charge is 2.17. The number of hydrogen-bond acceptors (Lipinski definition) is 4. The van der Waals surface area contributed by atoms with Crippen LogP contribution < -0.4 is 5.73 Å². The number of carbonyl (C=O) groups excluding carboxylic acids is 1. The average Bonchev–Trinajstić information content (AvgIpc) is 2.78. The first kappa shape index (κ1) is 12.3. The van der Waals surface area contributed by atoms with E-state index in [1.165, 1.54) is 0 Å². The van der Waals surface area contributed by atoms with E-state index in [4.69, 9.17) is 10.8 Å². The summed E-state index contributed by atoms with van der Waals surface area (Å²) in [4.78, 5) is 12.0. The molecule has 0 aliphatic carbocycles. The normalized spacial score (nSPS) is 12.3. The van der Waals surface area contributed by atoms with Crippen molar-refractivity contribution >= 4 is 5.78 Å². The molecule has 5 nitrogen and oxygen atoms in total. The highest BCUT2D eigenvalue weighted by molar-refractivity contribution is 5.86. The van der Waals surface area contributed by atoms with E-state index in [9.17, 15) is 4.79 Å². The summed E-state index contributed by atoms with van der Waals surface area (Å²) in [6, 6.07) is 5.87. The van der Waals surface area contributed by atoms with Crippen LogP contribution in [0.25, 0.3) is 0 Å². The molecule has 0 aliphatic heterocycles. The molecule has 94 valence electrons. The third-order valence-electron chi connectivity index (χ3n) is 2.75. The second kappa shape index (κ2) is 5.01. The first-order chi connectivity index (χ1) is 8.56. The van der Waals surface area contributed by atoms with Gasteiger partial charge in [-0.25, -0.2) is 0 Å². The molecule has 3 N–H and O–H groups in total. The second-order valence-corrected chi connectivity index (χ2v) is 4.23. The summed E-state index contributed by atoms with van der Waals surface area (Å²) in [5, 5.41) is 13.2. The van der Waals surface area contributed by atoms with Crippen LogP contribution >= 0.6 is 0 Å².